The Morgan fingerprint density at radius 2 is 2.05 bits per heavy atom. The monoisotopic (exact) mass is 371 g/mol. The van der Waals surface area contributed by atoms with Crippen LogP contribution >= 0.6 is 27.5 Å². The molecule has 5 heteroatoms. The Balaban J connectivity index is 2.17. The average molecular weight is 373 g/mol. The van der Waals surface area contributed by atoms with E-state index in [0.29, 0.717) is 22.9 Å². The van der Waals surface area contributed by atoms with Crippen molar-refractivity contribution in [1.29, 1.82) is 0 Å². The SMILES string of the molecule is CCOc1ccc(NC(C)c2cc(Br)ccc2F)cc1Cl. The van der Waals surface area contributed by atoms with Crippen molar-refractivity contribution in [2.75, 3.05) is 11.9 Å². The van der Waals surface area contributed by atoms with E-state index >= 15 is 0 Å². The van der Waals surface area contributed by atoms with Crippen molar-refractivity contribution in [2.45, 2.75) is 19.9 Å². The third-order valence-corrected chi connectivity index (χ3v) is 3.83. The molecule has 2 rings (SSSR count). The molecule has 0 amide bonds. The fourth-order valence-electron chi connectivity index (χ4n) is 2.04. The highest BCUT2D eigenvalue weighted by molar-refractivity contribution is 9.10. The number of hydrogen-bond donors (Lipinski definition) is 1. The van der Waals surface area contributed by atoms with Gasteiger partial charge in [0.1, 0.15) is 11.6 Å². The minimum absolute atomic E-state index is 0.184. The van der Waals surface area contributed by atoms with Gasteiger partial charge in [-0.25, -0.2) is 4.39 Å². The van der Waals surface area contributed by atoms with Crippen LogP contribution in [-0.4, -0.2) is 6.61 Å². The van der Waals surface area contributed by atoms with Gasteiger partial charge in [0.15, 0.2) is 0 Å². The summed E-state index contributed by atoms with van der Waals surface area (Å²) >= 11 is 9.50. The zero-order valence-electron chi connectivity index (χ0n) is 11.8. The Kier molecular flexibility index (Phi) is 5.48. The molecule has 1 unspecified atom stereocenters. The van der Waals surface area contributed by atoms with Gasteiger partial charge in [0.25, 0.3) is 0 Å². The highest BCUT2D eigenvalue weighted by Crippen LogP contribution is 2.30. The summed E-state index contributed by atoms with van der Waals surface area (Å²) in [4.78, 5) is 0. The van der Waals surface area contributed by atoms with Gasteiger partial charge in [-0.1, -0.05) is 27.5 Å². The molecule has 0 heterocycles. The first kappa shape index (κ1) is 16.1. The van der Waals surface area contributed by atoms with Crippen LogP contribution in [0.25, 0.3) is 0 Å². The molecule has 0 saturated heterocycles. The Bertz CT molecular complexity index is 636. The van der Waals surface area contributed by atoms with Crippen molar-refractivity contribution < 1.29 is 9.13 Å². The van der Waals surface area contributed by atoms with Crippen LogP contribution in [0.1, 0.15) is 25.5 Å². The molecule has 2 aromatic rings. The van der Waals surface area contributed by atoms with Crippen molar-refractivity contribution in [3.63, 3.8) is 0 Å². The van der Waals surface area contributed by atoms with Crippen molar-refractivity contribution in [3.8, 4) is 5.75 Å². The number of halogens is 3. The molecule has 2 nitrogen and oxygen atoms in total. The standard InChI is InChI=1S/C16H16BrClFNO/c1-3-21-16-7-5-12(9-14(16)18)20-10(2)13-8-11(17)4-6-15(13)19/h4-10,20H,3H2,1-2H3. The molecule has 112 valence electrons. The van der Waals surface area contributed by atoms with E-state index in [-0.39, 0.29) is 11.9 Å². The van der Waals surface area contributed by atoms with Crippen LogP contribution in [0.3, 0.4) is 0 Å². The van der Waals surface area contributed by atoms with E-state index in [9.17, 15) is 4.39 Å². The number of benzene rings is 2. The highest BCUT2D eigenvalue weighted by Gasteiger charge is 2.12. The summed E-state index contributed by atoms with van der Waals surface area (Å²) in [6.45, 7) is 4.36. The Hall–Kier alpha value is -1.26. The van der Waals surface area contributed by atoms with Crippen molar-refractivity contribution in [1.82, 2.24) is 0 Å². The van der Waals surface area contributed by atoms with Crippen LogP contribution in [0.5, 0.6) is 5.75 Å². The normalized spacial score (nSPS) is 12.0. The number of anilines is 1. The predicted molar refractivity (Wildman–Crippen MR) is 88.8 cm³/mol. The van der Waals surface area contributed by atoms with Crippen LogP contribution in [0.2, 0.25) is 5.02 Å². The second kappa shape index (κ2) is 7.14. The zero-order chi connectivity index (χ0) is 15.4. The number of rotatable bonds is 5. The molecule has 2 aromatic carbocycles. The summed E-state index contributed by atoms with van der Waals surface area (Å²) in [5.41, 5.74) is 1.41. The van der Waals surface area contributed by atoms with E-state index in [1.165, 1.54) is 6.07 Å². The zero-order valence-corrected chi connectivity index (χ0v) is 14.1. The van der Waals surface area contributed by atoms with Crippen molar-refractivity contribution >= 4 is 33.2 Å². The number of nitrogens with one attached hydrogen (secondary N) is 1. The number of ether oxygens (including phenoxy) is 1. The lowest BCUT2D eigenvalue weighted by Crippen LogP contribution is -2.08. The summed E-state index contributed by atoms with van der Waals surface area (Å²) in [5.74, 6) is 0.404. The van der Waals surface area contributed by atoms with E-state index in [1.54, 1.807) is 24.3 Å². The van der Waals surface area contributed by atoms with E-state index in [0.717, 1.165) is 10.2 Å². The molecule has 0 fully saturated rings. The molecule has 0 saturated carbocycles. The summed E-state index contributed by atoms with van der Waals surface area (Å²) in [6.07, 6.45) is 0. The maximum absolute atomic E-state index is 13.9. The first-order chi connectivity index (χ1) is 10.0. The van der Waals surface area contributed by atoms with Crippen LogP contribution in [-0.2, 0) is 0 Å². The quantitative estimate of drug-likeness (QED) is 0.714. The minimum Gasteiger partial charge on any atom is -0.492 e. The molecule has 0 aliphatic heterocycles. The third kappa shape index (κ3) is 4.11. The molecule has 0 aliphatic carbocycles. The molecule has 1 N–H and O–H groups in total. The topological polar surface area (TPSA) is 21.3 Å². The van der Waals surface area contributed by atoms with Crippen LogP contribution in [0.4, 0.5) is 10.1 Å². The fraction of sp³-hybridized carbons (Fsp3) is 0.250. The maximum Gasteiger partial charge on any atom is 0.138 e. The van der Waals surface area contributed by atoms with Gasteiger partial charge in [-0.2, -0.15) is 0 Å². The minimum atomic E-state index is -0.241. The third-order valence-electron chi connectivity index (χ3n) is 3.04. The van der Waals surface area contributed by atoms with Crippen LogP contribution < -0.4 is 10.1 Å². The average Bonchev–Trinajstić information content (AvgIpc) is 2.44. The van der Waals surface area contributed by atoms with Gasteiger partial charge in [-0.05, 0) is 50.2 Å². The molecule has 1 atom stereocenters. The highest BCUT2D eigenvalue weighted by atomic mass is 79.9. The van der Waals surface area contributed by atoms with Gasteiger partial charge in [-0.15, -0.1) is 0 Å². The first-order valence-corrected chi connectivity index (χ1v) is 7.82. The summed E-state index contributed by atoms with van der Waals surface area (Å²) in [5, 5.41) is 3.77. The molecule has 0 spiro atoms. The second-order valence-electron chi connectivity index (χ2n) is 4.61. The summed E-state index contributed by atoms with van der Waals surface area (Å²) in [7, 11) is 0. The lowest BCUT2D eigenvalue weighted by molar-refractivity contribution is 0.340. The summed E-state index contributed by atoms with van der Waals surface area (Å²) < 4.78 is 20.1. The largest absolute Gasteiger partial charge is 0.492 e. The Morgan fingerprint density at radius 1 is 1.29 bits per heavy atom. The molecule has 21 heavy (non-hydrogen) atoms. The van der Waals surface area contributed by atoms with E-state index in [2.05, 4.69) is 21.2 Å². The smallest absolute Gasteiger partial charge is 0.138 e. The fourth-order valence-corrected chi connectivity index (χ4v) is 2.65. The van der Waals surface area contributed by atoms with Gasteiger partial charge < -0.3 is 10.1 Å². The first-order valence-electron chi connectivity index (χ1n) is 6.65. The van der Waals surface area contributed by atoms with Gasteiger partial charge in [-0.3, -0.25) is 0 Å². The lowest BCUT2D eigenvalue weighted by atomic mass is 10.1. The molecule has 0 aromatic heterocycles. The maximum atomic E-state index is 13.9. The van der Waals surface area contributed by atoms with E-state index < -0.39 is 0 Å². The van der Waals surface area contributed by atoms with Gasteiger partial charge in [0.05, 0.1) is 17.7 Å². The van der Waals surface area contributed by atoms with Gasteiger partial charge >= 0.3 is 0 Å². The molecular weight excluding hydrogens is 357 g/mol. The van der Waals surface area contributed by atoms with Gasteiger partial charge in [0, 0.05) is 15.7 Å². The Morgan fingerprint density at radius 3 is 2.71 bits per heavy atom. The second-order valence-corrected chi connectivity index (χ2v) is 5.93. The van der Waals surface area contributed by atoms with Gasteiger partial charge in [0.2, 0.25) is 0 Å². The lowest BCUT2D eigenvalue weighted by Gasteiger charge is -2.17. The molecule has 0 radical (unpaired) electrons. The van der Waals surface area contributed by atoms with Crippen molar-refractivity contribution in [3.05, 3.63) is 57.3 Å². The molecule has 0 bridgehead atoms. The predicted octanol–water partition coefficient (Wildman–Crippen LogP) is 5.81. The van der Waals surface area contributed by atoms with E-state index in [1.807, 2.05) is 19.9 Å². The van der Waals surface area contributed by atoms with E-state index in [4.69, 9.17) is 16.3 Å². The summed E-state index contributed by atoms with van der Waals surface area (Å²) in [6, 6.07) is 10.2. The number of hydrogen-bond acceptors (Lipinski definition) is 2. The van der Waals surface area contributed by atoms with Crippen LogP contribution in [0, 0.1) is 5.82 Å². The molecular formula is C16H16BrClFNO. The Labute approximate surface area is 137 Å². The van der Waals surface area contributed by atoms with Crippen LogP contribution in [0.15, 0.2) is 40.9 Å². The van der Waals surface area contributed by atoms with Crippen molar-refractivity contribution in [2.24, 2.45) is 0 Å². The molecule has 0 aliphatic rings.